The molecule has 324 valence electrons. The Balaban J connectivity index is 1.10. The maximum Gasteiger partial charge on any atom is 0.309 e. The summed E-state index contributed by atoms with van der Waals surface area (Å²) in [4.78, 5) is 51.5. The van der Waals surface area contributed by atoms with Crippen molar-refractivity contribution in [2.75, 3.05) is 0 Å². The molecule has 1 fully saturated rings. The second kappa shape index (κ2) is 20.8. The molecule has 0 bridgehead atoms. The lowest BCUT2D eigenvalue weighted by atomic mass is 9.65. The SMILES string of the molecule is CCC(C)C(=O)OC1CC(C)C=C2C=CC(C)C(CCC(O)CC(O)CC(=O)OC3CC(=O)OC(CCC4C(C)C=CC5=CC(C)CC(OC(=O)C(C)CC)C54)C3)C21. The van der Waals surface area contributed by atoms with Gasteiger partial charge in [0.1, 0.15) is 24.4 Å². The first-order chi connectivity index (χ1) is 27.6. The second-order valence-electron chi connectivity index (χ2n) is 18.7. The zero-order valence-corrected chi connectivity index (χ0v) is 36.3. The lowest BCUT2D eigenvalue weighted by Crippen LogP contribution is -2.42. The second-order valence-corrected chi connectivity index (χ2v) is 18.7. The third-order valence-electron chi connectivity index (χ3n) is 13.9. The van der Waals surface area contributed by atoms with Gasteiger partial charge < -0.3 is 29.2 Å². The zero-order chi connectivity index (χ0) is 42.3. The van der Waals surface area contributed by atoms with Gasteiger partial charge in [0.2, 0.25) is 0 Å². The molecule has 0 amide bonds. The Morgan fingerprint density at radius 1 is 0.741 bits per heavy atom. The van der Waals surface area contributed by atoms with Crippen LogP contribution in [0.2, 0.25) is 0 Å². The van der Waals surface area contributed by atoms with Crippen LogP contribution in [-0.4, -0.2) is 70.7 Å². The van der Waals surface area contributed by atoms with Crippen LogP contribution in [0, 0.1) is 59.2 Å². The molecule has 1 saturated heterocycles. The zero-order valence-electron chi connectivity index (χ0n) is 36.3. The monoisotopic (exact) mass is 809 g/mol. The van der Waals surface area contributed by atoms with E-state index < -0.39 is 36.4 Å². The number of rotatable bonds is 17. The van der Waals surface area contributed by atoms with Gasteiger partial charge in [-0.3, -0.25) is 19.2 Å². The van der Waals surface area contributed by atoms with E-state index >= 15 is 0 Å². The highest BCUT2D eigenvalue weighted by Crippen LogP contribution is 2.47. The van der Waals surface area contributed by atoms with E-state index in [0.717, 1.165) is 32.1 Å². The smallest absolute Gasteiger partial charge is 0.309 e. The lowest BCUT2D eigenvalue weighted by Gasteiger charge is -2.43. The van der Waals surface area contributed by atoms with Crippen molar-refractivity contribution < 1.29 is 48.3 Å². The van der Waals surface area contributed by atoms with Crippen molar-refractivity contribution in [2.45, 2.75) is 169 Å². The van der Waals surface area contributed by atoms with E-state index in [4.69, 9.17) is 18.9 Å². The van der Waals surface area contributed by atoms with E-state index in [1.54, 1.807) is 0 Å². The number of hydrogen-bond acceptors (Lipinski definition) is 10. The number of allylic oxidation sites excluding steroid dienone is 6. The van der Waals surface area contributed by atoms with E-state index in [1.165, 1.54) is 11.1 Å². The molecule has 0 saturated carbocycles. The summed E-state index contributed by atoms with van der Waals surface area (Å²) in [5.74, 6) is -0.125. The minimum absolute atomic E-state index is 0.0241. The van der Waals surface area contributed by atoms with Gasteiger partial charge in [0.25, 0.3) is 0 Å². The van der Waals surface area contributed by atoms with Gasteiger partial charge in [0.15, 0.2) is 0 Å². The number of esters is 4. The molecule has 5 aliphatic rings. The molecule has 58 heavy (non-hydrogen) atoms. The van der Waals surface area contributed by atoms with Gasteiger partial charge >= 0.3 is 23.9 Å². The van der Waals surface area contributed by atoms with Crippen molar-refractivity contribution in [3.63, 3.8) is 0 Å². The molecule has 1 heterocycles. The highest BCUT2D eigenvalue weighted by molar-refractivity contribution is 5.74. The van der Waals surface area contributed by atoms with Gasteiger partial charge in [-0.2, -0.15) is 0 Å². The first kappa shape index (κ1) is 45.8. The number of aliphatic hydroxyl groups excluding tert-OH is 2. The Kier molecular flexibility index (Phi) is 16.5. The minimum Gasteiger partial charge on any atom is -0.462 e. The van der Waals surface area contributed by atoms with Gasteiger partial charge in [-0.05, 0) is 104 Å². The number of fused-ring (bicyclic) bond motifs is 2. The number of carbonyl (C=O) groups excluding carboxylic acids is 4. The summed E-state index contributed by atoms with van der Waals surface area (Å²) in [6.45, 7) is 16.4. The average Bonchev–Trinajstić information content (AvgIpc) is 3.16. The fraction of sp³-hybridized carbons (Fsp3) is 0.750. The molecule has 5 rings (SSSR count). The van der Waals surface area contributed by atoms with Crippen molar-refractivity contribution in [3.8, 4) is 0 Å². The summed E-state index contributed by atoms with van der Waals surface area (Å²) in [5, 5.41) is 21.9. The maximum absolute atomic E-state index is 13.0. The number of ether oxygens (including phenoxy) is 4. The summed E-state index contributed by atoms with van der Waals surface area (Å²) in [7, 11) is 0. The summed E-state index contributed by atoms with van der Waals surface area (Å²) >= 11 is 0. The first-order valence-electron chi connectivity index (χ1n) is 22.5. The van der Waals surface area contributed by atoms with E-state index in [1.807, 2.05) is 27.7 Å². The van der Waals surface area contributed by atoms with Crippen LogP contribution in [0.1, 0.15) is 132 Å². The molecule has 0 aromatic rings. The van der Waals surface area contributed by atoms with Crippen molar-refractivity contribution in [2.24, 2.45) is 59.2 Å². The number of aliphatic hydroxyl groups is 2. The summed E-state index contributed by atoms with van der Waals surface area (Å²) in [6, 6.07) is 0. The van der Waals surface area contributed by atoms with Crippen LogP contribution < -0.4 is 0 Å². The Bertz CT molecular complexity index is 1560. The number of hydrogen-bond donors (Lipinski definition) is 2. The fourth-order valence-corrected chi connectivity index (χ4v) is 10.1. The highest BCUT2D eigenvalue weighted by atomic mass is 16.6. The van der Waals surface area contributed by atoms with Crippen LogP contribution in [0.3, 0.4) is 0 Å². The van der Waals surface area contributed by atoms with Crippen LogP contribution in [0.15, 0.2) is 47.6 Å². The minimum atomic E-state index is -1.10. The summed E-state index contributed by atoms with van der Waals surface area (Å²) < 4.78 is 23.8. The van der Waals surface area contributed by atoms with Crippen LogP contribution >= 0.6 is 0 Å². The molecule has 0 aromatic carbocycles. The Labute approximate surface area is 347 Å². The fourth-order valence-electron chi connectivity index (χ4n) is 10.1. The molecule has 10 nitrogen and oxygen atoms in total. The lowest BCUT2D eigenvalue weighted by molar-refractivity contribution is -0.171. The Hall–Kier alpha value is -3.24. The normalized spacial score (nSPS) is 35.2. The van der Waals surface area contributed by atoms with Crippen LogP contribution in [0.5, 0.6) is 0 Å². The summed E-state index contributed by atoms with van der Waals surface area (Å²) in [6.07, 6.45) is 15.4. The molecule has 2 N–H and O–H groups in total. The predicted octanol–water partition coefficient (Wildman–Crippen LogP) is 8.39. The molecule has 0 aromatic heterocycles. The quantitative estimate of drug-likeness (QED) is 0.109. The van der Waals surface area contributed by atoms with Crippen molar-refractivity contribution in [1.82, 2.24) is 0 Å². The largest absolute Gasteiger partial charge is 0.462 e. The van der Waals surface area contributed by atoms with Crippen LogP contribution in [0.4, 0.5) is 0 Å². The highest BCUT2D eigenvalue weighted by Gasteiger charge is 2.44. The maximum atomic E-state index is 13.0. The first-order valence-corrected chi connectivity index (χ1v) is 22.5. The third-order valence-corrected chi connectivity index (χ3v) is 13.9. The number of carbonyl (C=O) groups is 4. The van der Waals surface area contributed by atoms with E-state index in [-0.39, 0.29) is 90.8 Å². The van der Waals surface area contributed by atoms with Gasteiger partial charge in [0.05, 0.1) is 36.9 Å². The van der Waals surface area contributed by atoms with E-state index in [2.05, 4.69) is 64.2 Å². The van der Waals surface area contributed by atoms with Crippen molar-refractivity contribution >= 4 is 23.9 Å². The van der Waals surface area contributed by atoms with Gasteiger partial charge in [-0.1, -0.05) is 91.8 Å². The van der Waals surface area contributed by atoms with Gasteiger partial charge in [-0.25, -0.2) is 0 Å². The molecule has 10 heteroatoms. The molecular weight excluding hydrogens is 737 g/mol. The van der Waals surface area contributed by atoms with Gasteiger partial charge in [0, 0.05) is 18.3 Å². The topological polar surface area (TPSA) is 146 Å². The third kappa shape index (κ3) is 11.9. The summed E-state index contributed by atoms with van der Waals surface area (Å²) in [5.41, 5.74) is 2.40. The molecule has 16 unspecified atom stereocenters. The van der Waals surface area contributed by atoms with Crippen molar-refractivity contribution in [3.05, 3.63) is 47.6 Å². The van der Waals surface area contributed by atoms with E-state index in [0.29, 0.717) is 37.5 Å². The standard InChI is InChI=1S/C48H72O10/c1-9-29(5)47(53)57-41-21-27(3)19-33-13-11-31(7)39(45(33)41)17-15-35(49)23-36(50)24-43(51)56-38-25-37(55-44(52)26-38)16-18-40-32(8)12-14-34-20-28(4)22-42(46(34)40)58-48(54)30(6)10-2/h11-14,19-20,27-32,35-42,45-46,49-50H,9-10,15-18,21-26H2,1-8H3. The van der Waals surface area contributed by atoms with Gasteiger partial charge in [-0.15, -0.1) is 0 Å². The Morgan fingerprint density at radius 2 is 1.26 bits per heavy atom. The van der Waals surface area contributed by atoms with Crippen LogP contribution in [0.25, 0.3) is 0 Å². The molecular formula is C48H72O10. The average molecular weight is 809 g/mol. The van der Waals surface area contributed by atoms with Crippen LogP contribution in [-0.2, 0) is 38.1 Å². The molecule has 16 atom stereocenters. The number of cyclic esters (lactones) is 1. The molecule has 4 aliphatic carbocycles. The van der Waals surface area contributed by atoms with E-state index in [9.17, 15) is 29.4 Å². The Morgan fingerprint density at radius 3 is 1.78 bits per heavy atom. The molecule has 1 aliphatic heterocycles. The van der Waals surface area contributed by atoms with Crippen molar-refractivity contribution in [1.29, 1.82) is 0 Å². The molecule has 0 radical (unpaired) electrons. The predicted molar refractivity (Wildman–Crippen MR) is 222 cm³/mol. The molecule has 0 spiro atoms.